The third-order valence-corrected chi connectivity index (χ3v) is 4.88. The maximum absolute atomic E-state index is 12.4. The van der Waals surface area contributed by atoms with Crippen LogP contribution in [-0.2, 0) is 14.3 Å². The Kier molecular flexibility index (Phi) is 9.96. The number of carbonyl (C=O) groups excluding carboxylic acids is 2. The molecule has 1 aromatic rings. The predicted octanol–water partition coefficient (Wildman–Crippen LogP) is 1.23. The van der Waals surface area contributed by atoms with Crippen molar-refractivity contribution in [2.45, 2.75) is 44.8 Å². The summed E-state index contributed by atoms with van der Waals surface area (Å²) in [4.78, 5) is 26.4. The molecule has 1 aliphatic heterocycles. The van der Waals surface area contributed by atoms with Crippen molar-refractivity contribution in [1.82, 2.24) is 15.5 Å². The smallest absolute Gasteiger partial charge is 0.239 e. The van der Waals surface area contributed by atoms with Crippen molar-refractivity contribution >= 4 is 11.8 Å². The molecule has 2 amide bonds. The van der Waals surface area contributed by atoms with Crippen LogP contribution in [0.2, 0.25) is 0 Å². The van der Waals surface area contributed by atoms with E-state index in [0.29, 0.717) is 26.2 Å². The Bertz CT molecular complexity index is 591. The van der Waals surface area contributed by atoms with E-state index in [1.165, 1.54) is 0 Å². The van der Waals surface area contributed by atoms with Gasteiger partial charge >= 0.3 is 0 Å². The molecular formula is C21H33N3O4. The fourth-order valence-corrected chi connectivity index (χ4v) is 3.23. The summed E-state index contributed by atoms with van der Waals surface area (Å²) in [6, 6.07) is 8.84. The van der Waals surface area contributed by atoms with Crippen LogP contribution >= 0.6 is 0 Å². The summed E-state index contributed by atoms with van der Waals surface area (Å²) in [5.41, 5.74) is 0.754. The number of carbonyl (C=O) groups is 2. The number of morpholine rings is 1. The number of hydrogen-bond acceptors (Lipinski definition) is 5. The average molecular weight is 392 g/mol. The van der Waals surface area contributed by atoms with Gasteiger partial charge in [-0.25, -0.2) is 0 Å². The number of amides is 2. The third-order valence-electron chi connectivity index (χ3n) is 4.88. The van der Waals surface area contributed by atoms with Crippen LogP contribution in [0.25, 0.3) is 0 Å². The topological polar surface area (TPSA) is 90.9 Å². The van der Waals surface area contributed by atoms with E-state index >= 15 is 0 Å². The number of aliphatic hydroxyl groups excluding tert-OH is 1. The summed E-state index contributed by atoms with van der Waals surface area (Å²) >= 11 is 0. The van der Waals surface area contributed by atoms with Gasteiger partial charge in [-0.1, -0.05) is 50.1 Å². The van der Waals surface area contributed by atoms with E-state index in [1.807, 2.05) is 30.3 Å². The van der Waals surface area contributed by atoms with E-state index in [9.17, 15) is 14.7 Å². The fourth-order valence-electron chi connectivity index (χ4n) is 3.23. The minimum Gasteiger partial charge on any atom is -0.386 e. The van der Waals surface area contributed by atoms with Crippen molar-refractivity contribution in [1.29, 1.82) is 0 Å². The molecule has 156 valence electrons. The summed E-state index contributed by atoms with van der Waals surface area (Å²) in [7, 11) is 0. The lowest BCUT2D eigenvalue weighted by Gasteiger charge is -2.33. The molecule has 28 heavy (non-hydrogen) atoms. The molecule has 1 saturated heterocycles. The predicted molar refractivity (Wildman–Crippen MR) is 108 cm³/mol. The molecule has 0 bridgehead atoms. The van der Waals surface area contributed by atoms with Crippen LogP contribution in [0.5, 0.6) is 0 Å². The van der Waals surface area contributed by atoms with Crippen LogP contribution < -0.4 is 10.6 Å². The van der Waals surface area contributed by atoms with Gasteiger partial charge in [0.2, 0.25) is 11.8 Å². The van der Waals surface area contributed by atoms with Gasteiger partial charge in [0, 0.05) is 26.1 Å². The normalized spacial score (nSPS) is 16.9. The maximum Gasteiger partial charge on any atom is 0.239 e. The van der Waals surface area contributed by atoms with Gasteiger partial charge in [0.15, 0.2) is 0 Å². The Hall–Kier alpha value is -1.96. The highest BCUT2D eigenvalue weighted by molar-refractivity contribution is 5.84. The molecular weight excluding hydrogens is 358 g/mol. The van der Waals surface area contributed by atoms with E-state index in [4.69, 9.17) is 4.74 Å². The quantitative estimate of drug-likeness (QED) is 0.494. The summed E-state index contributed by atoms with van der Waals surface area (Å²) in [6.07, 6.45) is 2.49. The fraction of sp³-hybridized carbons (Fsp3) is 0.619. The molecule has 0 spiro atoms. The summed E-state index contributed by atoms with van der Waals surface area (Å²) in [5, 5.41) is 16.4. The zero-order valence-corrected chi connectivity index (χ0v) is 16.7. The first kappa shape index (κ1) is 22.3. The highest BCUT2D eigenvalue weighted by atomic mass is 16.5. The minimum absolute atomic E-state index is 0.0773. The number of unbranched alkanes of at least 4 members (excludes halogenated alkanes) is 2. The summed E-state index contributed by atoms with van der Waals surface area (Å²) in [6.45, 7) is 5.36. The van der Waals surface area contributed by atoms with Crippen molar-refractivity contribution in [3.05, 3.63) is 35.9 Å². The van der Waals surface area contributed by atoms with Gasteiger partial charge < -0.3 is 20.5 Å². The van der Waals surface area contributed by atoms with Crippen molar-refractivity contribution < 1.29 is 19.4 Å². The van der Waals surface area contributed by atoms with Gasteiger partial charge in [-0.05, 0) is 12.0 Å². The molecule has 7 heteroatoms. The van der Waals surface area contributed by atoms with E-state index < -0.39 is 12.1 Å². The molecule has 0 radical (unpaired) electrons. The first-order chi connectivity index (χ1) is 13.6. The van der Waals surface area contributed by atoms with Gasteiger partial charge in [0.1, 0.15) is 6.10 Å². The first-order valence-electron chi connectivity index (χ1n) is 10.2. The standard InChI is InChI=1S/C21H33N3O4/c1-2-3-5-10-19(25)22-15-20(26)23-18(16-24-11-13-28-14-12-24)21(27)17-8-6-4-7-9-17/h4,6-9,18,21,27H,2-3,5,10-16H2,1H3,(H,22,25)(H,23,26)/t18-,21-/m0/s1. The minimum atomic E-state index is -0.826. The van der Waals surface area contributed by atoms with Gasteiger partial charge in [-0.15, -0.1) is 0 Å². The average Bonchev–Trinajstić information content (AvgIpc) is 2.73. The Balaban J connectivity index is 1.90. The summed E-state index contributed by atoms with van der Waals surface area (Å²) in [5.74, 6) is -0.408. The van der Waals surface area contributed by atoms with Crippen molar-refractivity contribution in [3.63, 3.8) is 0 Å². The van der Waals surface area contributed by atoms with Gasteiger partial charge in [0.25, 0.3) is 0 Å². The van der Waals surface area contributed by atoms with Crippen LogP contribution in [0, 0.1) is 0 Å². The SMILES string of the molecule is CCCCCC(=O)NCC(=O)N[C@@H](CN1CCOCC1)[C@@H](O)c1ccccc1. The monoisotopic (exact) mass is 391 g/mol. The lowest BCUT2D eigenvalue weighted by atomic mass is 10.0. The molecule has 0 saturated carbocycles. The number of nitrogens with one attached hydrogen (secondary N) is 2. The second kappa shape index (κ2) is 12.5. The molecule has 0 aromatic heterocycles. The highest BCUT2D eigenvalue weighted by Crippen LogP contribution is 2.18. The van der Waals surface area contributed by atoms with E-state index in [1.54, 1.807) is 0 Å². The van der Waals surface area contributed by atoms with Crippen LogP contribution in [-0.4, -0.2) is 67.3 Å². The molecule has 2 atom stereocenters. The number of rotatable bonds is 11. The molecule has 3 N–H and O–H groups in total. The van der Waals surface area contributed by atoms with Gasteiger partial charge in [-0.2, -0.15) is 0 Å². The van der Waals surface area contributed by atoms with Crippen molar-refractivity contribution in [3.8, 4) is 0 Å². The molecule has 1 aromatic carbocycles. The second-order valence-corrected chi connectivity index (χ2v) is 7.18. The van der Waals surface area contributed by atoms with E-state index in [-0.39, 0.29) is 18.4 Å². The van der Waals surface area contributed by atoms with Crippen LogP contribution in [0.3, 0.4) is 0 Å². The molecule has 2 rings (SSSR count). The number of hydrogen-bond donors (Lipinski definition) is 3. The lowest BCUT2D eigenvalue weighted by Crippen LogP contribution is -2.51. The number of nitrogens with zero attached hydrogens (tertiary/aromatic N) is 1. The van der Waals surface area contributed by atoms with E-state index in [2.05, 4.69) is 22.5 Å². The Morgan fingerprint density at radius 1 is 1.14 bits per heavy atom. The molecule has 7 nitrogen and oxygen atoms in total. The Labute approximate surface area is 167 Å². The van der Waals surface area contributed by atoms with Crippen molar-refractivity contribution in [2.75, 3.05) is 39.4 Å². The molecule has 1 aliphatic rings. The molecule has 0 aliphatic carbocycles. The number of ether oxygens (including phenoxy) is 1. The summed E-state index contributed by atoms with van der Waals surface area (Å²) < 4.78 is 5.37. The Morgan fingerprint density at radius 3 is 2.54 bits per heavy atom. The maximum atomic E-state index is 12.4. The van der Waals surface area contributed by atoms with Crippen LogP contribution in [0.1, 0.15) is 44.3 Å². The van der Waals surface area contributed by atoms with Gasteiger partial charge in [0.05, 0.1) is 25.8 Å². The lowest BCUT2D eigenvalue weighted by molar-refractivity contribution is -0.127. The largest absolute Gasteiger partial charge is 0.386 e. The Morgan fingerprint density at radius 2 is 1.86 bits per heavy atom. The highest BCUT2D eigenvalue weighted by Gasteiger charge is 2.26. The van der Waals surface area contributed by atoms with Crippen LogP contribution in [0.4, 0.5) is 0 Å². The number of aliphatic hydroxyl groups is 1. The second-order valence-electron chi connectivity index (χ2n) is 7.18. The van der Waals surface area contributed by atoms with Crippen LogP contribution in [0.15, 0.2) is 30.3 Å². The molecule has 1 fully saturated rings. The van der Waals surface area contributed by atoms with Gasteiger partial charge in [-0.3, -0.25) is 14.5 Å². The zero-order chi connectivity index (χ0) is 20.2. The molecule has 1 heterocycles. The zero-order valence-electron chi connectivity index (χ0n) is 16.7. The van der Waals surface area contributed by atoms with E-state index in [0.717, 1.165) is 37.9 Å². The first-order valence-corrected chi connectivity index (χ1v) is 10.2. The number of benzene rings is 1. The molecule has 0 unspecified atom stereocenters. The van der Waals surface area contributed by atoms with Crippen molar-refractivity contribution in [2.24, 2.45) is 0 Å². The third kappa shape index (κ3) is 7.96.